The van der Waals surface area contributed by atoms with Crippen molar-refractivity contribution in [1.82, 2.24) is 29.7 Å². The molecule has 1 saturated heterocycles. The molecule has 1 fully saturated rings. The van der Waals surface area contributed by atoms with E-state index >= 15 is 0 Å². The van der Waals surface area contributed by atoms with Crippen LogP contribution in [-0.2, 0) is 13.1 Å². The van der Waals surface area contributed by atoms with E-state index in [0.717, 1.165) is 76.5 Å². The van der Waals surface area contributed by atoms with Crippen LogP contribution in [0.15, 0.2) is 85.5 Å². The van der Waals surface area contributed by atoms with E-state index in [9.17, 15) is 10.2 Å². The smallest absolute Gasteiger partial charge is 0.156 e. The van der Waals surface area contributed by atoms with Gasteiger partial charge in [-0.3, -0.25) is 19.8 Å². The number of likely N-dealkylation sites (tertiary alicyclic amines) is 1. The second-order valence-electron chi connectivity index (χ2n) is 12.9. The highest BCUT2D eigenvalue weighted by Crippen LogP contribution is 2.42. The quantitative estimate of drug-likeness (QED) is 0.0939. The van der Waals surface area contributed by atoms with Crippen molar-refractivity contribution in [2.45, 2.75) is 39.0 Å². The van der Waals surface area contributed by atoms with E-state index in [1.165, 1.54) is 0 Å². The Kier molecular flexibility index (Phi) is 10.9. The lowest BCUT2D eigenvalue weighted by Crippen LogP contribution is -2.27. The SMILES string of the molecule is CCCN(CCO)Cc1cnc2c(Nc3cccc(-c4cccc(Nc5nccc6cc(CN7CC[C@@H](O)C7)cnc56)c4Cl)c3Cl)nccc2c1. The van der Waals surface area contributed by atoms with Crippen molar-refractivity contribution in [2.24, 2.45) is 0 Å². The average Bonchev–Trinajstić information content (AvgIpc) is 3.54. The fourth-order valence-electron chi connectivity index (χ4n) is 6.69. The molecule has 5 heterocycles. The van der Waals surface area contributed by atoms with E-state index < -0.39 is 0 Å². The van der Waals surface area contributed by atoms with E-state index in [2.05, 4.69) is 49.5 Å². The summed E-state index contributed by atoms with van der Waals surface area (Å²) >= 11 is 14.2. The molecule has 12 heteroatoms. The number of hydrogen-bond acceptors (Lipinski definition) is 10. The number of fused-ring (bicyclic) bond motifs is 2. The molecule has 2 aromatic carbocycles. The van der Waals surface area contributed by atoms with Crippen molar-refractivity contribution in [3.63, 3.8) is 0 Å². The molecule has 1 atom stereocenters. The van der Waals surface area contributed by atoms with Crippen molar-refractivity contribution in [1.29, 1.82) is 0 Å². The Bertz CT molecular complexity index is 2160. The van der Waals surface area contributed by atoms with Crippen LogP contribution >= 0.6 is 23.2 Å². The van der Waals surface area contributed by atoms with Gasteiger partial charge in [0, 0.05) is 79.4 Å². The molecule has 0 spiro atoms. The number of aliphatic hydroxyl groups excluding tert-OH is 2. The first-order valence-corrected chi connectivity index (χ1v) is 18.0. The minimum Gasteiger partial charge on any atom is -0.395 e. The Hall–Kier alpha value is -4.42. The third-order valence-electron chi connectivity index (χ3n) is 9.12. The molecule has 1 aliphatic rings. The molecule has 0 amide bonds. The summed E-state index contributed by atoms with van der Waals surface area (Å²) in [6.07, 6.45) is 8.81. The standard InChI is InChI=1S/C39H40Cl2N8O2/c1-2-14-48(16-17-50)22-25-18-27-9-12-42-38(36(27)44-20-25)46-32-7-3-5-30(34(32)40)31-6-4-8-33(35(31)41)47-39-37-28(10-13-43-39)19-26(21-45-37)23-49-15-11-29(51)24-49/h3-10,12-13,18-21,29,50-51H,2,11,14-17,22-24H2,1H3,(H,42,46)(H,43,47)/t29-/m1/s1. The lowest BCUT2D eigenvalue weighted by Gasteiger charge is -2.20. The maximum absolute atomic E-state index is 9.91. The first-order chi connectivity index (χ1) is 24.9. The molecule has 51 heavy (non-hydrogen) atoms. The van der Waals surface area contributed by atoms with Crippen molar-refractivity contribution < 1.29 is 10.2 Å². The summed E-state index contributed by atoms with van der Waals surface area (Å²) in [4.78, 5) is 23.2. The summed E-state index contributed by atoms with van der Waals surface area (Å²) in [6.45, 7) is 6.80. The van der Waals surface area contributed by atoms with Gasteiger partial charge < -0.3 is 20.8 Å². The molecule has 0 saturated carbocycles. The normalized spacial score (nSPS) is 14.9. The molecular weight excluding hydrogens is 683 g/mol. The van der Waals surface area contributed by atoms with Gasteiger partial charge in [-0.15, -0.1) is 0 Å². The van der Waals surface area contributed by atoms with Gasteiger partial charge >= 0.3 is 0 Å². The molecule has 10 nitrogen and oxygen atoms in total. The summed E-state index contributed by atoms with van der Waals surface area (Å²) in [5.41, 5.74) is 6.48. The third kappa shape index (κ3) is 7.92. The van der Waals surface area contributed by atoms with Crippen LogP contribution in [0.4, 0.5) is 23.0 Å². The number of halogens is 2. The molecule has 4 aromatic heterocycles. The van der Waals surface area contributed by atoms with Gasteiger partial charge in [0.05, 0.1) is 34.1 Å². The minimum atomic E-state index is -0.258. The Morgan fingerprint density at radius 3 is 1.94 bits per heavy atom. The number of aliphatic hydroxyl groups is 2. The molecule has 0 unspecified atom stereocenters. The molecule has 1 aliphatic heterocycles. The summed E-state index contributed by atoms with van der Waals surface area (Å²) in [5.74, 6) is 1.19. The summed E-state index contributed by atoms with van der Waals surface area (Å²) in [6, 6.07) is 19.7. The van der Waals surface area contributed by atoms with Crippen LogP contribution in [0.3, 0.4) is 0 Å². The van der Waals surface area contributed by atoms with E-state index in [1.807, 2.05) is 60.9 Å². The zero-order valence-corrected chi connectivity index (χ0v) is 29.9. The number of nitrogens with zero attached hydrogens (tertiary/aromatic N) is 6. The zero-order chi connectivity index (χ0) is 35.3. The lowest BCUT2D eigenvalue weighted by molar-refractivity contribution is 0.175. The fraction of sp³-hybridized carbons (Fsp3) is 0.282. The fourth-order valence-corrected chi connectivity index (χ4v) is 7.24. The number of nitrogens with one attached hydrogen (secondary N) is 2. The van der Waals surface area contributed by atoms with Crippen molar-refractivity contribution in [3.8, 4) is 11.1 Å². The first-order valence-electron chi connectivity index (χ1n) is 17.2. The Morgan fingerprint density at radius 1 is 0.804 bits per heavy atom. The molecular formula is C39H40Cl2N8O2. The Morgan fingerprint density at radius 2 is 1.39 bits per heavy atom. The monoisotopic (exact) mass is 722 g/mol. The molecule has 6 aromatic rings. The predicted octanol–water partition coefficient (Wildman–Crippen LogP) is 7.80. The van der Waals surface area contributed by atoms with Gasteiger partial charge in [-0.1, -0.05) is 54.4 Å². The van der Waals surface area contributed by atoms with E-state index in [-0.39, 0.29) is 12.7 Å². The number of pyridine rings is 4. The Labute approximate surface area is 307 Å². The number of benzene rings is 2. The third-order valence-corrected chi connectivity index (χ3v) is 9.94. The Balaban J connectivity index is 1.12. The number of β-amino-alcohol motifs (C(OH)–C–C–N with tert-alkyl or cyclic N) is 1. The molecule has 7 rings (SSSR count). The second-order valence-corrected chi connectivity index (χ2v) is 13.7. The van der Waals surface area contributed by atoms with E-state index in [4.69, 9.17) is 33.2 Å². The van der Waals surface area contributed by atoms with Crippen molar-refractivity contribution in [2.75, 3.05) is 43.4 Å². The van der Waals surface area contributed by atoms with Crippen LogP contribution in [-0.4, -0.2) is 78.8 Å². The molecule has 262 valence electrons. The highest BCUT2D eigenvalue weighted by atomic mass is 35.5. The number of aromatic nitrogens is 4. The van der Waals surface area contributed by atoms with Crippen LogP contribution in [0, 0.1) is 0 Å². The number of anilines is 4. The summed E-state index contributed by atoms with van der Waals surface area (Å²) in [7, 11) is 0. The largest absolute Gasteiger partial charge is 0.395 e. The molecule has 0 aliphatic carbocycles. The number of rotatable bonds is 13. The van der Waals surface area contributed by atoms with E-state index in [0.29, 0.717) is 52.7 Å². The predicted molar refractivity (Wildman–Crippen MR) is 206 cm³/mol. The highest BCUT2D eigenvalue weighted by molar-refractivity contribution is 6.39. The van der Waals surface area contributed by atoms with Crippen molar-refractivity contribution in [3.05, 3.63) is 107 Å². The van der Waals surface area contributed by atoms with Gasteiger partial charge in [-0.2, -0.15) is 0 Å². The molecule has 0 bridgehead atoms. The van der Waals surface area contributed by atoms with Crippen LogP contribution < -0.4 is 10.6 Å². The summed E-state index contributed by atoms with van der Waals surface area (Å²) in [5, 5.41) is 29.1. The minimum absolute atomic E-state index is 0.123. The van der Waals surface area contributed by atoms with Crippen molar-refractivity contribution >= 4 is 68.0 Å². The zero-order valence-electron chi connectivity index (χ0n) is 28.4. The maximum atomic E-state index is 9.91. The lowest BCUT2D eigenvalue weighted by atomic mass is 10.0. The second kappa shape index (κ2) is 15.9. The van der Waals surface area contributed by atoms with Crippen LogP contribution in [0.1, 0.15) is 30.9 Å². The van der Waals surface area contributed by atoms with Gasteiger partial charge in [-0.25, -0.2) is 9.97 Å². The van der Waals surface area contributed by atoms with Crippen LogP contribution in [0.2, 0.25) is 10.0 Å². The average molecular weight is 724 g/mol. The molecule has 0 radical (unpaired) electrons. The molecule has 4 N–H and O–H groups in total. The number of hydrogen-bond donors (Lipinski definition) is 4. The highest BCUT2D eigenvalue weighted by Gasteiger charge is 2.21. The summed E-state index contributed by atoms with van der Waals surface area (Å²) < 4.78 is 0. The van der Waals surface area contributed by atoms with E-state index in [1.54, 1.807) is 12.4 Å². The van der Waals surface area contributed by atoms with Gasteiger partial charge in [0.1, 0.15) is 11.0 Å². The van der Waals surface area contributed by atoms with Crippen LogP contribution in [0.5, 0.6) is 0 Å². The van der Waals surface area contributed by atoms with Gasteiger partial charge in [0.15, 0.2) is 11.6 Å². The topological polar surface area (TPSA) is 123 Å². The van der Waals surface area contributed by atoms with Gasteiger partial charge in [0.25, 0.3) is 0 Å². The van der Waals surface area contributed by atoms with Crippen LogP contribution in [0.25, 0.3) is 32.9 Å². The van der Waals surface area contributed by atoms with Gasteiger partial charge in [-0.05, 0) is 66.9 Å². The maximum Gasteiger partial charge on any atom is 0.156 e. The van der Waals surface area contributed by atoms with Gasteiger partial charge in [0.2, 0.25) is 0 Å². The first kappa shape index (κ1) is 35.0.